The van der Waals surface area contributed by atoms with Crippen LogP contribution >= 0.6 is 23.1 Å². The van der Waals surface area contributed by atoms with Gasteiger partial charge in [0.05, 0.1) is 23.6 Å². The van der Waals surface area contributed by atoms with Crippen molar-refractivity contribution in [2.45, 2.75) is 0 Å². The standard InChI is InChI=1S/2C9H7NO3S/c1-13-5-2-3-6-7(4-5)14-10-8(6)9(11)12;1-13-6-4-2-3-5-7(9(11)12)10-14-8(5)6/h2*2-4H,1H3,(H,11,12). The van der Waals surface area contributed by atoms with E-state index in [4.69, 9.17) is 19.7 Å². The van der Waals surface area contributed by atoms with E-state index in [1.165, 1.54) is 0 Å². The summed E-state index contributed by atoms with van der Waals surface area (Å²) >= 11 is 2.30. The first-order valence-electron chi connectivity index (χ1n) is 7.78. The van der Waals surface area contributed by atoms with Crippen molar-refractivity contribution in [2.24, 2.45) is 0 Å². The van der Waals surface area contributed by atoms with Gasteiger partial charge in [-0.25, -0.2) is 9.59 Å². The molecule has 0 fully saturated rings. The number of aromatic carboxylic acids is 2. The SMILES string of the molecule is COc1ccc2c(C(=O)O)nsc2c1.COc1cccc2c(C(=O)O)nsc12. The highest BCUT2D eigenvalue weighted by Gasteiger charge is 2.15. The summed E-state index contributed by atoms with van der Waals surface area (Å²) in [5.74, 6) is -0.642. The number of hydrogen-bond acceptors (Lipinski definition) is 8. The predicted octanol–water partition coefficient (Wildman–Crippen LogP) is 4.01. The number of hydrogen-bond donors (Lipinski definition) is 2. The first kappa shape index (κ1) is 19.5. The molecule has 4 aromatic rings. The van der Waals surface area contributed by atoms with Gasteiger partial charge in [0.25, 0.3) is 0 Å². The molecule has 0 aliphatic heterocycles. The lowest BCUT2D eigenvalue weighted by atomic mass is 10.2. The molecular formula is C18H14N2O6S2. The van der Waals surface area contributed by atoms with Crippen LogP contribution in [0, 0.1) is 0 Å². The molecule has 10 heteroatoms. The molecule has 28 heavy (non-hydrogen) atoms. The van der Waals surface area contributed by atoms with Gasteiger partial charge in [-0.2, -0.15) is 8.75 Å². The molecule has 0 amide bonds. The van der Waals surface area contributed by atoms with Gasteiger partial charge in [0.15, 0.2) is 11.4 Å². The normalized spacial score (nSPS) is 10.4. The Labute approximate surface area is 166 Å². The third-order valence-corrected chi connectivity index (χ3v) is 5.45. The fourth-order valence-corrected chi connectivity index (χ4v) is 4.11. The minimum atomic E-state index is -1.01. The van der Waals surface area contributed by atoms with Gasteiger partial charge < -0.3 is 19.7 Å². The van der Waals surface area contributed by atoms with E-state index < -0.39 is 11.9 Å². The van der Waals surface area contributed by atoms with Crippen LogP contribution in [0.5, 0.6) is 11.5 Å². The molecule has 2 heterocycles. The third kappa shape index (κ3) is 3.73. The zero-order valence-electron chi connectivity index (χ0n) is 14.7. The second-order valence-corrected chi connectivity index (χ2v) is 6.95. The summed E-state index contributed by atoms with van der Waals surface area (Å²) in [6.07, 6.45) is 0. The first-order chi connectivity index (χ1) is 13.5. The van der Waals surface area contributed by atoms with Crippen LogP contribution < -0.4 is 9.47 Å². The number of fused-ring (bicyclic) bond motifs is 2. The Kier molecular flexibility index (Phi) is 5.71. The van der Waals surface area contributed by atoms with Crippen LogP contribution in [0.15, 0.2) is 36.4 Å². The van der Waals surface area contributed by atoms with E-state index in [9.17, 15) is 9.59 Å². The monoisotopic (exact) mass is 418 g/mol. The van der Waals surface area contributed by atoms with Crippen LogP contribution in [0.4, 0.5) is 0 Å². The van der Waals surface area contributed by atoms with Gasteiger partial charge >= 0.3 is 11.9 Å². The number of nitrogens with zero attached hydrogens (tertiary/aromatic N) is 2. The lowest BCUT2D eigenvalue weighted by Gasteiger charge is -1.98. The minimum absolute atomic E-state index is 0.0869. The molecule has 0 bridgehead atoms. The molecule has 0 saturated carbocycles. The van der Waals surface area contributed by atoms with Crippen molar-refractivity contribution in [1.82, 2.24) is 8.75 Å². The van der Waals surface area contributed by atoms with E-state index in [0.717, 1.165) is 32.5 Å². The van der Waals surface area contributed by atoms with Gasteiger partial charge in [-0.3, -0.25) is 0 Å². The highest BCUT2D eigenvalue weighted by Crippen LogP contribution is 2.31. The van der Waals surface area contributed by atoms with E-state index in [2.05, 4.69) is 8.75 Å². The summed E-state index contributed by atoms with van der Waals surface area (Å²) in [6, 6.07) is 10.5. The summed E-state index contributed by atoms with van der Waals surface area (Å²) in [6.45, 7) is 0. The van der Waals surface area contributed by atoms with Gasteiger partial charge in [-0.1, -0.05) is 12.1 Å². The van der Waals surface area contributed by atoms with E-state index >= 15 is 0 Å². The molecule has 0 saturated heterocycles. The Morgan fingerprint density at radius 1 is 0.893 bits per heavy atom. The maximum absolute atomic E-state index is 10.8. The molecule has 0 radical (unpaired) electrons. The third-order valence-electron chi connectivity index (χ3n) is 3.77. The average Bonchev–Trinajstić information content (AvgIpc) is 3.31. The summed E-state index contributed by atoms with van der Waals surface area (Å²) in [4.78, 5) is 21.5. The second-order valence-electron chi connectivity index (χ2n) is 5.37. The molecule has 0 atom stereocenters. The lowest BCUT2D eigenvalue weighted by molar-refractivity contribution is 0.0683. The average molecular weight is 418 g/mol. The molecule has 0 unspecified atom stereocenters. The topological polar surface area (TPSA) is 119 Å². The minimum Gasteiger partial charge on any atom is -0.497 e. The van der Waals surface area contributed by atoms with Gasteiger partial charge in [0.2, 0.25) is 0 Å². The Morgan fingerprint density at radius 3 is 2.21 bits per heavy atom. The maximum atomic E-state index is 10.8. The van der Waals surface area contributed by atoms with Gasteiger partial charge in [0.1, 0.15) is 11.5 Å². The number of carboxylic acids is 2. The molecule has 0 aliphatic rings. The van der Waals surface area contributed by atoms with E-state index in [1.807, 2.05) is 0 Å². The molecule has 144 valence electrons. The Balaban J connectivity index is 0.000000161. The molecule has 2 aromatic carbocycles. The van der Waals surface area contributed by atoms with Crippen molar-refractivity contribution >= 4 is 55.2 Å². The lowest BCUT2D eigenvalue weighted by Crippen LogP contribution is -1.96. The summed E-state index contributed by atoms with van der Waals surface area (Å²) in [7, 11) is 3.12. The van der Waals surface area contributed by atoms with E-state index in [-0.39, 0.29) is 11.4 Å². The zero-order valence-corrected chi connectivity index (χ0v) is 16.3. The van der Waals surface area contributed by atoms with Gasteiger partial charge in [0, 0.05) is 10.8 Å². The smallest absolute Gasteiger partial charge is 0.356 e. The van der Waals surface area contributed by atoms with Gasteiger partial charge in [-0.05, 0) is 47.3 Å². The van der Waals surface area contributed by atoms with Crippen molar-refractivity contribution in [2.75, 3.05) is 14.2 Å². The highest BCUT2D eigenvalue weighted by molar-refractivity contribution is 7.14. The van der Waals surface area contributed by atoms with E-state index in [0.29, 0.717) is 22.3 Å². The second kappa shape index (κ2) is 8.19. The first-order valence-corrected chi connectivity index (χ1v) is 9.33. The maximum Gasteiger partial charge on any atom is 0.356 e. The van der Waals surface area contributed by atoms with Gasteiger partial charge in [-0.15, -0.1) is 0 Å². The number of methoxy groups -OCH3 is 2. The van der Waals surface area contributed by atoms with Crippen LogP contribution in [-0.2, 0) is 0 Å². The number of ether oxygens (including phenoxy) is 2. The van der Waals surface area contributed by atoms with Crippen LogP contribution in [-0.4, -0.2) is 45.1 Å². The molecule has 0 spiro atoms. The Bertz CT molecular complexity index is 1170. The van der Waals surface area contributed by atoms with Crippen LogP contribution in [0.3, 0.4) is 0 Å². The molecule has 2 N–H and O–H groups in total. The number of aromatic nitrogens is 2. The number of carboxylic acid groups (broad SMARTS) is 2. The largest absolute Gasteiger partial charge is 0.497 e. The molecule has 0 aliphatic carbocycles. The summed E-state index contributed by atoms with van der Waals surface area (Å²) in [5.41, 5.74) is 0.191. The van der Waals surface area contributed by atoms with Crippen molar-refractivity contribution in [3.63, 3.8) is 0 Å². The Hall–Kier alpha value is -3.24. The molecule has 2 aromatic heterocycles. The Morgan fingerprint density at radius 2 is 1.57 bits per heavy atom. The quantitative estimate of drug-likeness (QED) is 0.510. The van der Waals surface area contributed by atoms with Crippen LogP contribution in [0.2, 0.25) is 0 Å². The number of carbonyl (C=O) groups is 2. The molecule has 8 nitrogen and oxygen atoms in total. The molecular weight excluding hydrogens is 404 g/mol. The number of rotatable bonds is 4. The number of benzene rings is 2. The van der Waals surface area contributed by atoms with Crippen molar-refractivity contribution < 1.29 is 29.3 Å². The van der Waals surface area contributed by atoms with Crippen molar-refractivity contribution in [1.29, 1.82) is 0 Å². The van der Waals surface area contributed by atoms with Crippen LogP contribution in [0.1, 0.15) is 21.0 Å². The van der Waals surface area contributed by atoms with Crippen LogP contribution in [0.25, 0.3) is 20.2 Å². The fraction of sp³-hybridized carbons (Fsp3) is 0.111. The van der Waals surface area contributed by atoms with E-state index in [1.54, 1.807) is 50.6 Å². The van der Waals surface area contributed by atoms with Crippen molar-refractivity contribution in [3.05, 3.63) is 47.8 Å². The fourth-order valence-electron chi connectivity index (χ4n) is 2.45. The van der Waals surface area contributed by atoms with Crippen molar-refractivity contribution in [3.8, 4) is 11.5 Å². The summed E-state index contributed by atoms with van der Waals surface area (Å²) in [5, 5.41) is 18.9. The summed E-state index contributed by atoms with van der Waals surface area (Å²) < 4.78 is 19.4. The highest BCUT2D eigenvalue weighted by atomic mass is 32.1. The zero-order chi connectivity index (χ0) is 20.3. The predicted molar refractivity (Wildman–Crippen MR) is 106 cm³/mol. The molecule has 4 rings (SSSR count).